The molecule has 0 unspecified atom stereocenters. The van der Waals surface area contributed by atoms with Gasteiger partial charge in [-0.15, -0.1) is 0 Å². The Kier molecular flexibility index (Phi) is 5.21. The van der Waals surface area contributed by atoms with E-state index in [4.69, 9.17) is 9.47 Å². The summed E-state index contributed by atoms with van der Waals surface area (Å²) in [7, 11) is -3.23. The predicted octanol–water partition coefficient (Wildman–Crippen LogP) is 2.19. The molecule has 2 fully saturated rings. The Morgan fingerprint density at radius 2 is 2.04 bits per heavy atom. The molecule has 0 radical (unpaired) electrons. The number of rotatable bonds is 7. The molecule has 1 N–H and O–H groups in total. The van der Waals surface area contributed by atoms with Crippen molar-refractivity contribution in [2.75, 3.05) is 13.2 Å². The molecule has 0 bridgehead atoms. The summed E-state index contributed by atoms with van der Waals surface area (Å²) in [5.41, 5.74) is 2.06. The normalized spacial score (nSPS) is 23.3. The Morgan fingerprint density at radius 1 is 1.26 bits per heavy atom. The van der Waals surface area contributed by atoms with Crippen LogP contribution in [0.2, 0.25) is 0 Å². The number of hydrogen-bond acceptors (Lipinski definition) is 5. The molecule has 1 aromatic carbocycles. The van der Waals surface area contributed by atoms with Crippen LogP contribution in [0.4, 0.5) is 0 Å². The van der Waals surface area contributed by atoms with Crippen LogP contribution in [0.15, 0.2) is 36.7 Å². The second-order valence-corrected chi connectivity index (χ2v) is 9.28. The highest BCUT2D eigenvalue weighted by atomic mass is 32.2. The van der Waals surface area contributed by atoms with Gasteiger partial charge in [0.15, 0.2) is 0 Å². The number of aryl methyl sites for hydroxylation is 1. The number of nitrogens with one attached hydrogen (secondary N) is 1. The lowest BCUT2D eigenvalue weighted by molar-refractivity contribution is -0.0279. The van der Waals surface area contributed by atoms with Crippen molar-refractivity contribution in [3.63, 3.8) is 0 Å². The average Bonchev–Trinajstić information content (AvgIpc) is 3.44. The SMILES string of the molecule is Cc1cnn(-c2ccc(OC[C@H]3OCCC[C@@H]3NS(=O)(=O)C3CC3)cc2)c1. The molecule has 2 aliphatic rings. The number of nitrogens with zero attached hydrogens (tertiary/aromatic N) is 2. The molecule has 7 nitrogen and oxygen atoms in total. The highest BCUT2D eigenvalue weighted by molar-refractivity contribution is 7.90. The summed E-state index contributed by atoms with van der Waals surface area (Å²) in [6.07, 6.45) is 6.64. The average molecular weight is 391 g/mol. The molecule has 2 aromatic rings. The fourth-order valence-corrected chi connectivity index (χ4v) is 4.89. The summed E-state index contributed by atoms with van der Waals surface area (Å²) in [5, 5.41) is 4.07. The van der Waals surface area contributed by atoms with Gasteiger partial charge in [0.25, 0.3) is 0 Å². The quantitative estimate of drug-likeness (QED) is 0.782. The van der Waals surface area contributed by atoms with E-state index in [1.807, 2.05) is 48.3 Å². The zero-order valence-corrected chi connectivity index (χ0v) is 16.2. The molecule has 0 amide bonds. The molecule has 1 aromatic heterocycles. The van der Waals surface area contributed by atoms with Crippen LogP contribution in [0, 0.1) is 6.92 Å². The van der Waals surface area contributed by atoms with E-state index in [0.29, 0.717) is 13.2 Å². The van der Waals surface area contributed by atoms with E-state index in [0.717, 1.165) is 42.7 Å². The minimum atomic E-state index is -3.23. The number of sulfonamides is 1. The maximum Gasteiger partial charge on any atom is 0.214 e. The van der Waals surface area contributed by atoms with Gasteiger partial charge in [0, 0.05) is 12.8 Å². The molecule has 27 heavy (non-hydrogen) atoms. The lowest BCUT2D eigenvalue weighted by Gasteiger charge is -2.32. The minimum absolute atomic E-state index is 0.223. The van der Waals surface area contributed by atoms with Crippen molar-refractivity contribution in [1.82, 2.24) is 14.5 Å². The first-order valence-corrected chi connectivity index (χ1v) is 10.9. The fraction of sp³-hybridized carbons (Fsp3) is 0.526. The van der Waals surface area contributed by atoms with Crippen molar-refractivity contribution in [3.8, 4) is 11.4 Å². The molecule has 4 rings (SSSR count). The Morgan fingerprint density at radius 3 is 2.70 bits per heavy atom. The van der Waals surface area contributed by atoms with Crippen LogP contribution in [0.5, 0.6) is 5.75 Å². The van der Waals surface area contributed by atoms with Gasteiger partial charge < -0.3 is 9.47 Å². The lowest BCUT2D eigenvalue weighted by Crippen LogP contribution is -2.50. The van der Waals surface area contributed by atoms with Crippen LogP contribution >= 0.6 is 0 Å². The van der Waals surface area contributed by atoms with Gasteiger partial charge in [-0.2, -0.15) is 5.10 Å². The van der Waals surface area contributed by atoms with Crippen LogP contribution in [0.25, 0.3) is 5.69 Å². The summed E-state index contributed by atoms with van der Waals surface area (Å²) in [4.78, 5) is 0. The molecule has 1 aliphatic heterocycles. The standard InChI is InChI=1S/C19H25N3O4S/c1-14-11-20-22(12-14)15-4-6-16(7-5-15)26-13-19-18(3-2-10-25-19)21-27(23,24)17-8-9-17/h4-7,11-12,17-19,21H,2-3,8-10,13H2,1H3/t18-,19+/m0/s1. The minimum Gasteiger partial charge on any atom is -0.491 e. The van der Waals surface area contributed by atoms with Gasteiger partial charge in [0.1, 0.15) is 18.5 Å². The summed E-state index contributed by atoms with van der Waals surface area (Å²) in [6, 6.07) is 7.43. The second kappa shape index (κ2) is 7.61. The highest BCUT2D eigenvalue weighted by Gasteiger charge is 2.39. The van der Waals surface area contributed by atoms with Gasteiger partial charge in [-0.05, 0) is 62.4 Å². The van der Waals surface area contributed by atoms with Crippen LogP contribution in [0.3, 0.4) is 0 Å². The molecule has 1 saturated heterocycles. The molecule has 8 heteroatoms. The highest BCUT2D eigenvalue weighted by Crippen LogP contribution is 2.29. The maximum atomic E-state index is 12.2. The van der Waals surface area contributed by atoms with E-state index in [1.165, 1.54) is 0 Å². The molecular formula is C19H25N3O4S. The molecular weight excluding hydrogens is 366 g/mol. The number of ether oxygens (including phenoxy) is 2. The van der Waals surface area contributed by atoms with Crippen molar-refractivity contribution in [2.45, 2.75) is 50.0 Å². The van der Waals surface area contributed by atoms with Gasteiger partial charge in [0.2, 0.25) is 10.0 Å². The van der Waals surface area contributed by atoms with E-state index in [2.05, 4.69) is 9.82 Å². The summed E-state index contributed by atoms with van der Waals surface area (Å²) < 4.78 is 40.8. The molecule has 1 saturated carbocycles. The monoisotopic (exact) mass is 391 g/mol. The van der Waals surface area contributed by atoms with Crippen molar-refractivity contribution < 1.29 is 17.9 Å². The van der Waals surface area contributed by atoms with Gasteiger partial charge in [-0.25, -0.2) is 17.8 Å². The maximum absolute atomic E-state index is 12.2. The third kappa shape index (κ3) is 4.51. The van der Waals surface area contributed by atoms with Crippen LogP contribution in [-0.2, 0) is 14.8 Å². The summed E-state index contributed by atoms with van der Waals surface area (Å²) in [6.45, 7) is 2.95. The van der Waals surface area contributed by atoms with E-state index in [-0.39, 0.29) is 17.4 Å². The zero-order valence-electron chi connectivity index (χ0n) is 15.4. The van der Waals surface area contributed by atoms with Crippen molar-refractivity contribution in [1.29, 1.82) is 0 Å². The lowest BCUT2D eigenvalue weighted by atomic mass is 10.0. The Labute approximate surface area is 159 Å². The Hall–Kier alpha value is -1.90. The number of hydrogen-bond donors (Lipinski definition) is 1. The van der Waals surface area contributed by atoms with Crippen LogP contribution in [0.1, 0.15) is 31.2 Å². The van der Waals surface area contributed by atoms with E-state index >= 15 is 0 Å². The molecule has 0 spiro atoms. The van der Waals surface area contributed by atoms with Gasteiger partial charge in [-0.1, -0.05) is 0 Å². The largest absolute Gasteiger partial charge is 0.491 e. The van der Waals surface area contributed by atoms with Gasteiger partial charge in [0.05, 0.1) is 23.2 Å². The van der Waals surface area contributed by atoms with E-state index in [9.17, 15) is 8.42 Å². The van der Waals surface area contributed by atoms with Crippen LogP contribution < -0.4 is 9.46 Å². The third-order valence-electron chi connectivity index (χ3n) is 4.95. The number of benzene rings is 1. The third-order valence-corrected chi connectivity index (χ3v) is 6.93. The van der Waals surface area contributed by atoms with Gasteiger partial charge in [-0.3, -0.25) is 0 Å². The molecule has 146 valence electrons. The first kappa shape index (κ1) is 18.5. The van der Waals surface area contributed by atoms with E-state index in [1.54, 1.807) is 0 Å². The molecule has 2 atom stereocenters. The fourth-order valence-electron chi connectivity index (χ4n) is 3.25. The Balaban J connectivity index is 1.36. The first-order chi connectivity index (χ1) is 13.0. The summed E-state index contributed by atoms with van der Waals surface area (Å²) >= 11 is 0. The van der Waals surface area contributed by atoms with Gasteiger partial charge >= 0.3 is 0 Å². The van der Waals surface area contributed by atoms with E-state index < -0.39 is 10.0 Å². The number of aromatic nitrogens is 2. The van der Waals surface area contributed by atoms with Crippen molar-refractivity contribution >= 4 is 10.0 Å². The first-order valence-electron chi connectivity index (χ1n) is 9.38. The smallest absolute Gasteiger partial charge is 0.214 e. The topological polar surface area (TPSA) is 82.4 Å². The van der Waals surface area contributed by atoms with Crippen molar-refractivity contribution in [2.24, 2.45) is 0 Å². The molecule has 1 aliphatic carbocycles. The predicted molar refractivity (Wildman–Crippen MR) is 102 cm³/mol. The summed E-state index contributed by atoms with van der Waals surface area (Å²) in [5.74, 6) is 0.723. The zero-order chi connectivity index (χ0) is 18.9. The van der Waals surface area contributed by atoms with Crippen molar-refractivity contribution in [3.05, 3.63) is 42.2 Å². The van der Waals surface area contributed by atoms with Crippen LogP contribution in [-0.4, -0.2) is 48.8 Å². The molecule has 2 heterocycles. The second-order valence-electron chi connectivity index (χ2n) is 7.29. The Bertz CT molecular complexity index is 875.